The summed E-state index contributed by atoms with van der Waals surface area (Å²) in [6.07, 6.45) is 0.408. The average molecular weight is 320 g/mol. The van der Waals surface area contributed by atoms with Crippen molar-refractivity contribution in [3.05, 3.63) is 59.3 Å². The molecule has 2 aliphatic rings. The molecule has 1 aromatic heterocycles. The molecule has 0 bridgehead atoms. The Labute approximate surface area is 138 Å². The SMILES string of the molecule is COc1ccc2[nH]c3c(c2c1)CCN1C(=O)c2ccccc2OC31. The molecule has 1 amide bonds. The van der Waals surface area contributed by atoms with Crippen molar-refractivity contribution in [2.24, 2.45) is 0 Å². The van der Waals surface area contributed by atoms with Gasteiger partial charge in [0, 0.05) is 17.4 Å². The summed E-state index contributed by atoms with van der Waals surface area (Å²) < 4.78 is 11.5. The van der Waals surface area contributed by atoms with Gasteiger partial charge in [-0.15, -0.1) is 0 Å². The van der Waals surface area contributed by atoms with Gasteiger partial charge in [-0.2, -0.15) is 0 Å². The number of nitrogens with one attached hydrogen (secondary N) is 1. The average Bonchev–Trinajstić information content (AvgIpc) is 3.00. The Bertz CT molecular complexity index is 976. The molecule has 2 aliphatic heterocycles. The van der Waals surface area contributed by atoms with Crippen molar-refractivity contribution in [1.82, 2.24) is 9.88 Å². The minimum Gasteiger partial charge on any atom is -0.497 e. The molecule has 3 heterocycles. The van der Waals surface area contributed by atoms with Crippen LogP contribution in [0, 0.1) is 0 Å². The molecule has 120 valence electrons. The van der Waals surface area contributed by atoms with Crippen LogP contribution in [0.5, 0.6) is 11.5 Å². The van der Waals surface area contributed by atoms with Crippen LogP contribution in [-0.4, -0.2) is 29.4 Å². The van der Waals surface area contributed by atoms with Gasteiger partial charge in [-0.3, -0.25) is 9.69 Å². The molecule has 0 aliphatic carbocycles. The molecule has 5 nitrogen and oxygen atoms in total. The molecule has 3 aromatic rings. The van der Waals surface area contributed by atoms with Gasteiger partial charge < -0.3 is 14.5 Å². The lowest BCUT2D eigenvalue weighted by Crippen LogP contribution is -2.45. The molecule has 1 atom stereocenters. The van der Waals surface area contributed by atoms with Crippen molar-refractivity contribution in [2.75, 3.05) is 13.7 Å². The molecular formula is C19H16N2O3. The maximum Gasteiger partial charge on any atom is 0.260 e. The van der Waals surface area contributed by atoms with Crippen LogP contribution in [0.15, 0.2) is 42.5 Å². The number of fused-ring (bicyclic) bond motifs is 6. The van der Waals surface area contributed by atoms with Crippen LogP contribution in [-0.2, 0) is 6.42 Å². The number of para-hydroxylation sites is 1. The smallest absolute Gasteiger partial charge is 0.260 e. The van der Waals surface area contributed by atoms with E-state index in [1.54, 1.807) is 12.0 Å². The minimum atomic E-state index is -0.394. The first-order valence-electron chi connectivity index (χ1n) is 8.01. The summed E-state index contributed by atoms with van der Waals surface area (Å²) in [5.74, 6) is 1.51. The second kappa shape index (κ2) is 4.77. The van der Waals surface area contributed by atoms with E-state index in [1.165, 1.54) is 5.56 Å². The van der Waals surface area contributed by atoms with Crippen LogP contribution in [0.25, 0.3) is 10.9 Å². The molecule has 0 saturated carbocycles. The highest BCUT2D eigenvalue weighted by atomic mass is 16.5. The molecule has 0 radical (unpaired) electrons. The number of H-pyrrole nitrogens is 1. The number of nitrogens with zero attached hydrogens (tertiary/aromatic N) is 1. The van der Waals surface area contributed by atoms with Crippen LogP contribution < -0.4 is 9.47 Å². The van der Waals surface area contributed by atoms with Crippen molar-refractivity contribution < 1.29 is 14.3 Å². The van der Waals surface area contributed by atoms with E-state index in [1.807, 2.05) is 42.5 Å². The third kappa shape index (κ3) is 1.72. The molecular weight excluding hydrogens is 304 g/mol. The first-order valence-corrected chi connectivity index (χ1v) is 8.01. The number of ether oxygens (including phenoxy) is 2. The summed E-state index contributed by atoms with van der Waals surface area (Å²) in [5, 5.41) is 1.14. The fourth-order valence-corrected chi connectivity index (χ4v) is 3.71. The summed E-state index contributed by atoms with van der Waals surface area (Å²) >= 11 is 0. The Morgan fingerprint density at radius 1 is 1.25 bits per heavy atom. The molecule has 24 heavy (non-hydrogen) atoms. The Kier molecular flexibility index (Phi) is 2.68. The Morgan fingerprint density at radius 2 is 2.12 bits per heavy atom. The van der Waals surface area contributed by atoms with Crippen LogP contribution in [0.4, 0.5) is 0 Å². The monoisotopic (exact) mass is 320 g/mol. The number of carbonyl (C=O) groups is 1. The fraction of sp³-hybridized carbons (Fsp3) is 0.211. The van der Waals surface area contributed by atoms with E-state index in [2.05, 4.69) is 4.98 Å². The number of aromatic nitrogens is 1. The number of methoxy groups -OCH3 is 1. The Balaban J connectivity index is 1.67. The number of hydrogen-bond acceptors (Lipinski definition) is 3. The van der Waals surface area contributed by atoms with E-state index in [9.17, 15) is 4.79 Å². The lowest BCUT2D eigenvalue weighted by molar-refractivity contribution is 0.00203. The minimum absolute atomic E-state index is 0.0312. The summed E-state index contributed by atoms with van der Waals surface area (Å²) in [7, 11) is 1.67. The predicted molar refractivity (Wildman–Crippen MR) is 89.4 cm³/mol. The zero-order chi connectivity index (χ0) is 16.3. The molecule has 5 rings (SSSR count). The van der Waals surface area contributed by atoms with E-state index < -0.39 is 6.23 Å². The van der Waals surface area contributed by atoms with Crippen LogP contribution in [0.3, 0.4) is 0 Å². The number of hydrogen-bond donors (Lipinski definition) is 1. The zero-order valence-electron chi connectivity index (χ0n) is 13.2. The highest BCUT2D eigenvalue weighted by Crippen LogP contribution is 2.41. The number of carbonyl (C=O) groups excluding carboxylic acids is 1. The lowest BCUT2D eigenvalue weighted by atomic mass is 9.99. The van der Waals surface area contributed by atoms with Gasteiger partial charge >= 0.3 is 0 Å². The topological polar surface area (TPSA) is 54.6 Å². The first-order chi connectivity index (χ1) is 11.8. The second-order valence-electron chi connectivity index (χ2n) is 6.14. The standard InChI is InChI=1S/C19H16N2O3/c1-23-11-6-7-15-14(10-11)12-8-9-21-18(22)13-4-2-3-5-16(13)24-19(21)17(12)20-15/h2-7,10,19-20H,8-9H2,1H3. The number of amides is 1. The Hall–Kier alpha value is -2.95. The number of rotatable bonds is 1. The molecule has 1 unspecified atom stereocenters. The van der Waals surface area contributed by atoms with E-state index in [0.717, 1.165) is 28.8 Å². The quantitative estimate of drug-likeness (QED) is 0.749. The third-order valence-electron chi connectivity index (χ3n) is 4.90. The normalized spacial score (nSPS) is 18.6. The summed E-state index contributed by atoms with van der Waals surface area (Å²) in [6.45, 7) is 0.648. The van der Waals surface area contributed by atoms with Crippen molar-refractivity contribution in [2.45, 2.75) is 12.6 Å². The van der Waals surface area contributed by atoms with Gasteiger partial charge in [0.2, 0.25) is 6.23 Å². The van der Waals surface area contributed by atoms with Crippen LogP contribution >= 0.6 is 0 Å². The van der Waals surface area contributed by atoms with Gasteiger partial charge in [-0.1, -0.05) is 12.1 Å². The van der Waals surface area contributed by atoms with Crippen LogP contribution in [0.1, 0.15) is 27.8 Å². The van der Waals surface area contributed by atoms with Gasteiger partial charge in [0.05, 0.1) is 18.4 Å². The molecule has 5 heteroatoms. The highest BCUT2D eigenvalue weighted by molar-refractivity contribution is 5.98. The maximum absolute atomic E-state index is 12.8. The lowest BCUT2D eigenvalue weighted by Gasteiger charge is -2.39. The molecule has 0 spiro atoms. The van der Waals surface area contributed by atoms with Crippen molar-refractivity contribution in [1.29, 1.82) is 0 Å². The maximum atomic E-state index is 12.8. The Morgan fingerprint density at radius 3 is 3.00 bits per heavy atom. The summed E-state index contributed by atoms with van der Waals surface area (Å²) in [5.41, 5.74) is 3.84. The van der Waals surface area contributed by atoms with Crippen molar-refractivity contribution >= 4 is 16.8 Å². The van der Waals surface area contributed by atoms with Gasteiger partial charge in [0.25, 0.3) is 5.91 Å². The van der Waals surface area contributed by atoms with E-state index in [0.29, 0.717) is 17.9 Å². The van der Waals surface area contributed by atoms with Crippen molar-refractivity contribution in [3.63, 3.8) is 0 Å². The van der Waals surface area contributed by atoms with Gasteiger partial charge in [0.1, 0.15) is 11.5 Å². The highest BCUT2D eigenvalue weighted by Gasteiger charge is 2.39. The first kappa shape index (κ1) is 13.5. The van der Waals surface area contributed by atoms with E-state index in [-0.39, 0.29) is 5.91 Å². The van der Waals surface area contributed by atoms with Crippen LogP contribution in [0.2, 0.25) is 0 Å². The largest absolute Gasteiger partial charge is 0.497 e. The second-order valence-corrected chi connectivity index (χ2v) is 6.14. The summed E-state index contributed by atoms with van der Waals surface area (Å²) in [4.78, 5) is 18.0. The number of benzene rings is 2. The van der Waals surface area contributed by atoms with E-state index in [4.69, 9.17) is 9.47 Å². The van der Waals surface area contributed by atoms with Gasteiger partial charge in [-0.25, -0.2) is 0 Å². The molecule has 0 fully saturated rings. The van der Waals surface area contributed by atoms with Gasteiger partial charge in [-0.05, 0) is 42.3 Å². The molecule has 0 saturated heterocycles. The zero-order valence-corrected chi connectivity index (χ0v) is 13.2. The molecule has 2 aromatic carbocycles. The van der Waals surface area contributed by atoms with Gasteiger partial charge in [0.15, 0.2) is 0 Å². The van der Waals surface area contributed by atoms with Crippen molar-refractivity contribution in [3.8, 4) is 11.5 Å². The summed E-state index contributed by atoms with van der Waals surface area (Å²) in [6, 6.07) is 13.4. The predicted octanol–water partition coefficient (Wildman–Crippen LogP) is 3.27. The number of aromatic amines is 1. The van der Waals surface area contributed by atoms with E-state index >= 15 is 0 Å². The molecule has 1 N–H and O–H groups in total. The fourth-order valence-electron chi connectivity index (χ4n) is 3.71. The third-order valence-corrected chi connectivity index (χ3v) is 4.90.